The highest BCUT2D eigenvalue weighted by Crippen LogP contribution is 2.29. The Bertz CT molecular complexity index is 1270. The van der Waals surface area contributed by atoms with Crippen molar-refractivity contribution in [1.82, 2.24) is 25.0 Å². The molecular formula is C24H27F2N5O3S. The average Bonchev–Trinajstić information content (AvgIpc) is 3.47. The van der Waals surface area contributed by atoms with Crippen LogP contribution in [-0.4, -0.2) is 52.8 Å². The van der Waals surface area contributed by atoms with E-state index >= 15 is 0 Å². The Kier molecular flexibility index (Phi) is 7.27. The van der Waals surface area contributed by atoms with Crippen molar-refractivity contribution in [3.05, 3.63) is 82.9 Å². The highest BCUT2D eigenvalue weighted by atomic mass is 32.2. The van der Waals surface area contributed by atoms with Crippen LogP contribution in [0.4, 0.5) is 8.78 Å². The highest BCUT2D eigenvalue weighted by Gasteiger charge is 2.44. The number of nitrogens with zero attached hydrogens (tertiary/aromatic N) is 3. The number of halogens is 2. The third-order valence-electron chi connectivity index (χ3n) is 6.07. The van der Waals surface area contributed by atoms with Gasteiger partial charge in [0.2, 0.25) is 15.9 Å². The van der Waals surface area contributed by atoms with E-state index in [0.717, 1.165) is 4.31 Å². The summed E-state index contributed by atoms with van der Waals surface area (Å²) in [5, 5.41) is 12.4. The van der Waals surface area contributed by atoms with Crippen LogP contribution in [0.1, 0.15) is 54.6 Å². The molecule has 1 fully saturated rings. The number of nitrogens with one attached hydrogen (secondary N) is 2. The molecule has 1 amide bonds. The first-order valence-corrected chi connectivity index (χ1v) is 12.9. The monoisotopic (exact) mass is 503 g/mol. The van der Waals surface area contributed by atoms with Gasteiger partial charge in [-0.25, -0.2) is 17.2 Å². The number of hydrogen-bond donors (Lipinski definition) is 2. The normalized spacial score (nSPS) is 19.7. The summed E-state index contributed by atoms with van der Waals surface area (Å²) in [5.74, 6) is -1.55. The molecule has 0 radical (unpaired) electrons. The van der Waals surface area contributed by atoms with Gasteiger partial charge in [-0.3, -0.25) is 9.89 Å². The second-order valence-corrected chi connectivity index (χ2v) is 10.9. The number of benzene rings is 2. The van der Waals surface area contributed by atoms with E-state index in [4.69, 9.17) is 0 Å². The Morgan fingerprint density at radius 1 is 1.20 bits per heavy atom. The van der Waals surface area contributed by atoms with Crippen LogP contribution in [-0.2, 0) is 20.6 Å². The van der Waals surface area contributed by atoms with Gasteiger partial charge in [-0.05, 0) is 28.7 Å². The second kappa shape index (κ2) is 10.2. The fourth-order valence-corrected chi connectivity index (χ4v) is 5.96. The Balaban J connectivity index is 1.62. The smallest absolute Gasteiger partial charge is 0.239 e. The molecule has 11 heteroatoms. The molecule has 1 aliphatic rings. The molecule has 2 aromatic carbocycles. The van der Waals surface area contributed by atoms with Crippen molar-refractivity contribution >= 4 is 15.9 Å². The molecule has 2 heterocycles. The van der Waals surface area contributed by atoms with E-state index in [0.29, 0.717) is 16.7 Å². The van der Waals surface area contributed by atoms with E-state index in [1.54, 1.807) is 36.4 Å². The van der Waals surface area contributed by atoms with E-state index in [9.17, 15) is 22.0 Å². The molecule has 8 nitrogen and oxygen atoms in total. The van der Waals surface area contributed by atoms with Gasteiger partial charge in [0.05, 0.1) is 17.9 Å². The lowest BCUT2D eigenvalue weighted by atomic mass is 9.94. The average molecular weight is 504 g/mol. The maximum Gasteiger partial charge on any atom is 0.239 e. The molecule has 3 aromatic rings. The Morgan fingerprint density at radius 2 is 1.94 bits per heavy atom. The molecule has 186 valence electrons. The summed E-state index contributed by atoms with van der Waals surface area (Å²) in [6, 6.07) is 11.8. The van der Waals surface area contributed by atoms with Crippen LogP contribution in [0.5, 0.6) is 0 Å². The summed E-state index contributed by atoms with van der Waals surface area (Å²) in [6.45, 7) is 3.35. The van der Waals surface area contributed by atoms with Gasteiger partial charge in [-0.1, -0.05) is 61.5 Å². The van der Waals surface area contributed by atoms with E-state index in [-0.39, 0.29) is 18.0 Å². The SMILES string of the molecule is CC(C)c1ccc(C(NC(=O)C2CC(F)CN2S(=O)(=O)Cc2cnn[nH]2)c2ccccc2)cc1F. The van der Waals surface area contributed by atoms with Crippen molar-refractivity contribution < 1.29 is 22.0 Å². The lowest BCUT2D eigenvalue weighted by Gasteiger charge is -2.26. The lowest BCUT2D eigenvalue weighted by Crippen LogP contribution is -2.47. The third kappa shape index (κ3) is 5.57. The third-order valence-corrected chi connectivity index (χ3v) is 7.86. The van der Waals surface area contributed by atoms with Gasteiger partial charge in [-0.2, -0.15) is 4.31 Å². The van der Waals surface area contributed by atoms with Crippen LogP contribution in [0.2, 0.25) is 0 Å². The number of aromatic amines is 1. The van der Waals surface area contributed by atoms with Crippen LogP contribution in [0.25, 0.3) is 0 Å². The summed E-state index contributed by atoms with van der Waals surface area (Å²) in [4.78, 5) is 13.4. The van der Waals surface area contributed by atoms with Crippen LogP contribution < -0.4 is 5.32 Å². The first-order valence-electron chi connectivity index (χ1n) is 11.3. The molecular weight excluding hydrogens is 476 g/mol. The second-order valence-electron chi connectivity index (χ2n) is 8.94. The Morgan fingerprint density at radius 3 is 2.57 bits per heavy atom. The van der Waals surface area contributed by atoms with Crippen molar-refractivity contribution in [3.8, 4) is 0 Å². The van der Waals surface area contributed by atoms with Gasteiger partial charge < -0.3 is 5.32 Å². The van der Waals surface area contributed by atoms with Gasteiger partial charge in [0.1, 0.15) is 23.8 Å². The fourth-order valence-electron chi connectivity index (χ4n) is 4.31. The maximum absolute atomic E-state index is 14.8. The molecule has 1 aliphatic heterocycles. The predicted molar refractivity (Wildman–Crippen MR) is 126 cm³/mol. The molecule has 1 saturated heterocycles. The fraction of sp³-hybridized carbons (Fsp3) is 0.375. The molecule has 4 rings (SSSR count). The number of sulfonamides is 1. The van der Waals surface area contributed by atoms with Crippen molar-refractivity contribution in [3.63, 3.8) is 0 Å². The minimum Gasteiger partial charge on any atom is -0.344 e. The summed E-state index contributed by atoms with van der Waals surface area (Å²) in [7, 11) is -4.04. The quantitative estimate of drug-likeness (QED) is 0.491. The summed E-state index contributed by atoms with van der Waals surface area (Å²) in [5.41, 5.74) is 1.97. The number of amides is 1. The summed E-state index contributed by atoms with van der Waals surface area (Å²) >= 11 is 0. The molecule has 35 heavy (non-hydrogen) atoms. The zero-order chi connectivity index (χ0) is 25.2. The number of alkyl halides is 1. The minimum atomic E-state index is -4.04. The largest absolute Gasteiger partial charge is 0.344 e. The molecule has 0 spiro atoms. The number of hydrogen-bond acceptors (Lipinski definition) is 5. The van der Waals surface area contributed by atoms with Crippen molar-refractivity contribution in [2.75, 3.05) is 6.54 Å². The molecule has 0 saturated carbocycles. The predicted octanol–water partition coefficient (Wildman–Crippen LogP) is 3.22. The summed E-state index contributed by atoms with van der Waals surface area (Å²) < 4.78 is 56.0. The molecule has 0 aliphatic carbocycles. The van der Waals surface area contributed by atoms with E-state index in [1.807, 2.05) is 19.9 Å². The van der Waals surface area contributed by atoms with Crippen LogP contribution in [0.3, 0.4) is 0 Å². The maximum atomic E-state index is 14.8. The number of carbonyl (C=O) groups is 1. The van der Waals surface area contributed by atoms with Gasteiger partial charge in [-0.15, -0.1) is 5.10 Å². The van der Waals surface area contributed by atoms with E-state index in [1.165, 1.54) is 12.3 Å². The van der Waals surface area contributed by atoms with Gasteiger partial charge in [0.25, 0.3) is 0 Å². The van der Waals surface area contributed by atoms with Crippen LogP contribution in [0, 0.1) is 5.82 Å². The van der Waals surface area contributed by atoms with Crippen molar-refractivity contribution in [1.29, 1.82) is 0 Å². The first kappa shape index (κ1) is 24.9. The standard InChI is InChI=1S/C24H27F2N5O3S/c1-15(2)20-9-8-17(10-21(20)26)23(16-6-4-3-5-7-16)28-24(32)22-11-18(25)13-31(22)35(33,34)14-19-12-27-30-29-19/h3-10,12,15,18,22-23H,11,13-14H2,1-2H3,(H,28,32)(H,27,29,30). The zero-order valence-corrected chi connectivity index (χ0v) is 20.2. The zero-order valence-electron chi connectivity index (χ0n) is 19.4. The minimum absolute atomic E-state index is 0.0161. The van der Waals surface area contributed by atoms with E-state index < -0.39 is 52.3 Å². The Hall–Kier alpha value is -3.18. The topological polar surface area (TPSA) is 108 Å². The Labute approximate surface area is 202 Å². The number of rotatable bonds is 8. The van der Waals surface area contributed by atoms with Crippen LogP contribution >= 0.6 is 0 Å². The molecule has 0 bridgehead atoms. The van der Waals surface area contributed by atoms with Gasteiger partial charge >= 0.3 is 0 Å². The molecule has 2 N–H and O–H groups in total. The lowest BCUT2D eigenvalue weighted by molar-refractivity contribution is -0.124. The van der Waals surface area contributed by atoms with Crippen LogP contribution in [0.15, 0.2) is 54.7 Å². The number of aromatic nitrogens is 3. The number of H-pyrrole nitrogens is 1. The van der Waals surface area contributed by atoms with Gasteiger partial charge in [0, 0.05) is 13.0 Å². The van der Waals surface area contributed by atoms with Gasteiger partial charge in [0.15, 0.2) is 0 Å². The van der Waals surface area contributed by atoms with Crippen molar-refractivity contribution in [2.24, 2.45) is 0 Å². The number of carbonyl (C=O) groups excluding carboxylic acids is 1. The van der Waals surface area contributed by atoms with E-state index in [2.05, 4.69) is 20.7 Å². The highest BCUT2D eigenvalue weighted by molar-refractivity contribution is 7.88. The molecule has 1 aromatic heterocycles. The van der Waals surface area contributed by atoms with Crippen molar-refractivity contribution in [2.45, 2.75) is 50.2 Å². The molecule has 3 unspecified atom stereocenters. The summed E-state index contributed by atoms with van der Waals surface area (Å²) in [6.07, 6.45) is -0.497. The first-order chi connectivity index (χ1) is 16.7. The molecule has 3 atom stereocenters.